The van der Waals surface area contributed by atoms with Gasteiger partial charge in [0.2, 0.25) is 0 Å². The van der Waals surface area contributed by atoms with Gasteiger partial charge in [-0.2, -0.15) is 5.10 Å². The molecule has 13 heavy (non-hydrogen) atoms. The van der Waals surface area contributed by atoms with Crippen LogP contribution in [0.15, 0.2) is 6.33 Å². The van der Waals surface area contributed by atoms with Gasteiger partial charge in [-0.15, -0.1) is 0 Å². The Labute approximate surface area is 78.3 Å². The van der Waals surface area contributed by atoms with Crippen LogP contribution in [0.25, 0.3) is 0 Å². The van der Waals surface area contributed by atoms with Gasteiger partial charge in [0.15, 0.2) is 0 Å². The van der Waals surface area contributed by atoms with Gasteiger partial charge in [-0.05, 0) is 13.3 Å². The van der Waals surface area contributed by atoms with Crippen molar-refractivity contribution in [3.05, 3.63) is 12.2 Å². The van der Waals surface area contributed by atoms with E-state index < -0.39 is 0 Å². The summed E-state index contributed by atoms with van der Waals surface area (Å²) >= 11 is 0. The van der Waals surface area contributed by atoms with Crippen molar-refractivity contribution in [2.45, 2.75) is 39.3 Å². The van der Waals surface area contributed by atoms with Crippen LogP contribution in [0.1, 0.15) is 26.1 Å². The first-order chi connectivity index (χ1) is 6.31. The van der Waals surface area contributed by atoms with Crippen molar-refractivity contribution < 1.29 is 0 Å². The van der Waals surface area contributed by atoms with Crippen LogP contribution in [-0.2, 0) is 13.0 Å². The number of rotatable bonds is 5. The van der Waals surface area contributed by atoms with Crippen molar-refractivity contribution in [2.75, 3.05) is 0 Å². The zero-order valence-electron chi connectivity index (χ0n) is 8.20. The number of nitrogens with two attached hydrogens (primary N) is 1. The van der Waals surface area contributed by atoms with Crippen molar-refractivity contribution in [3.63, 3.8) is 0 Å². The summed E-state index contributed by atoms with van der Waals surface area (Å²) in [5.74, 6) is 6.38. The van der Waals surface area contributed by atoms with Gasteiger partial charge in [-0.1, -0.05) is 6.92 Å². The first-order valence-corrected chi connectivity index (χ1v) is 4.64. The quantitative estimate of drug-likeness (QED) is 0.501. The fourth-order valence-electron chi connectivity index (χ4n) is 1.25. The zero-order chi connectivity index (χ0) is 9.68. The maximum Gasteiger partial charge on any atom is 0.138 e. The molecule has 1 heterocycles. The molecule has 0 aliphatic rings. The lowest BCUT2D eigenvalue weighted by atomic mass is 10.1. The third-order valence-electron chi connectivity index (χ3n) is 2.15. The number of hydrazine groups is 1. The van der Waals surface area contributed by atoms with E-state index in [2.05, 4.69) is 29.4 Å². The fraction of sp³-hybridized carbons (Fsp3) is 0.750. The third kappa shape index (κ3) is 2.50. The minimum atomic E-state index is 0.287. The van der Waals surface area contributed by atoms with E-state index in [9.17, 15) is 0 Å². The Morgan fingerprint density at radius 2 is 2.38 bits per heavy atom. The number of hydrogen-bond acceptors (Lipinski definition) is 4. The van der Waals surface area contributed by atoms with Crippen LogP contribution in [0.3, 0.4) is 0 Å². The molecule has 0 aromatic carbocycles. The molecule has 0 aliphatic heterocycles. The second kappa shape index (κ2) is 4.94. The molecule has 5 heteroatoms. The SMILES string of the molecule is CCC(Cc1ncnn1CC)NN. The topological polar surface area (TPSA) is 68.8 Å². The Balaban J connectivity index is 2.61. The lowest BCUT2D eigenvalue weighted by Crippen LogP contribution is -2.36. The van der Waals surface area contributed by atoms with E-state index in [4.69, 9.17) is 5.84 Å². The highest BCUT2D eigenvalue weighted by molar-refractivity contribution is 4.88. The van der Waals surface area contributed by atoms with E-state index in [0.717, 1.165) is 25.2 Å². The molecule has 0 bridgehead atoms. The Bertz CT molecular complexity index is 240. The molecule has 0 saturated carbocycles. The average molecular weight is 183 g/mol. The van der Waals surface area contributed by atoms with E-state index in [1.807, 2.05) is 4.68 Å². The minimum Gasteiger partial charge on any atom is -0.271 e. The molecule has 5 nitrogen and oxygen atoms in total. The molecule has 0 saturated heterocycles. The smallest absolute Gasteiger partial charge is 0.138 e. The van der Waals surface area contributed by atoms with Gasteiger partial charge in [0.05, 0.1) is 0 Å². The number of nitrogens with zero attached hydrogens (tertiary/aromatic N) is 3. The van der Waals surface area contributed by atoms with E-state index >= 15 is 0 Å². The highest BCUT2D eigenvalue weighted by Gasteiger charge is 2.09. The van der Waals surface area contributed by atoms with Gasteiger partial charge in [-0.25, -0.2) is 4.98 Å². The van der Waals surface area contributed by atoms with E-state index in [-0.39, 0.29) is 6.04 Å². The maximum atomic E-state index is 5.38. The second-order valence-corrected chi connectivity index (χ2v) is 2.97. The summed E-state index contributed by atoms with van der Waals surface area (Å²) in [5.41, 5.74) is 2.76. The maximum absolute atomic E-state index is 5.38. The predicted molar refractivity (Wildman–Crippen MR) is 50.8 cm³/mol. The molecule has 0 radical (unpaired) electrons. The Kier molecular flexibility index (Phi) is 3.85. The molecule has 1 atom stereocenters. The lowest BCUT2D eigenvalue weighted by molar-refractivity contribution is 0.481. The Morgan fingerprint density at radius 1 is 1.62 bits per heavy atom. The molecular formula is C8H17N5. The summed E-state index contributed by atoms with van der Waals surface area (Å²) in [6.07, 6.45) is 3.41. The van der Waals surface area contributed by atoms with Crippen molar-refractivity contribution in [2.24, 2.45) is 5.84 Å². The number of aryl methyl sites for hydroxylation is 1. The summed E-state index contributed by atoms with van der Waals surface area (Å²) in [6, 6.07) is 0.287. The summed E-state index contributed by atoms with van der Waals surface area (Å²) in [4.78, 5) is 4.18. The largest absolute Gasteiger partial charge is 0.271 e. The molecular weight excluding hydrogens is 166 g/mol. The van der Waals surface area contributed by atoms with Crippen molar-refractivity contribution in [1.29, 1.82) is 0 Å². The number of aromatic nitrogens is 3. The zero-order valence-corrected chi connectivity index (χ0v) is 8.20. The molecule has 0 spiro atoms. The third-order valence-corrected chi connectivity index (χ3v) is 2.15. The normalized spacial score (nSPS) is 13.2. The first-order valence-electron chi connectivity index (χ1n) is 4.64. The van der Waals surface area contributed by atoms with Crippen molar-refractivity contribution in [1.82, 2.24) is 20.2 Å². The summed E-state index contributed by atoms with van der Waals surface area (Å²) < 4.78 is 1.89. The van der Waals surface area contributed by atoms with Crippen LogP contribution in [0, 0.1) is 0 Å². The second-order valence-electron chi connectivity index (χ2n) is 2.97. The summed E-state index contributed by atoms with van der Waals surface area (Å²) in [7, 11) is 0. The molecule has 1 aromatic rings. The van der Waals surface area contributed by atoms with E-state index in [0.29, 0.717) is 0 Å². The van der Waals surface area contributed by atoms with Crippen molar-refractivity contribution in [3.8, 4) is 0 Å². The Hall–Kier alpha value is -0.940. The minimum absolute atomic E-state index is 0.287. The lowest BCUT2D eigenvalue weighted by Gasteiger charge is -2.12. The first kappa shape index (κ1) is 10.1. The molecule has 74 valence electrons. The van der Waals surface area contributed by atoms with Crippen LogP contribution in [0.5, 0.6) is 0 Å². The molecule has 0 fully saturated rings. The van der Waals surface area contributed by atoms with Crippen LogP contribution < -0.4 is 11.3 Å². The predicted octanol–water partition coefficient (Wildman–Crippen LogP) is 0.0824. The molecule has 1 aromatic heterocycles. The highest BCUT2D eigenvalue weighted by Crippen LogP contribution is 2.01. The van der Waals surface area contributed by atoms with Gasteiger partial charge in [0, 0.05) is 19.0 Å². The van der Waals surface area contributed by atoms with Gasteiger partial charge in [-0.3, -0.25) is 16.0 Å². The standard InChI is InChI=1S/C8H17N5/c1-3-7(12-9)5-8-10-6-11-13(8)4-2/h6-7,12H,3-5,9H2,1-2H3. The van der Waals surface area contributed by atoms with Gasteiger partial charge in [0.1, 0.15) is 12.2 Å². The molecule has 3 N–H and O–H groups in total. The van der Waals surface area contributed by atoms with E-state index in [1.54, 1.807) is 6.33 Å². The van der Waals surface area contributed by atoms with Crippen LogP contribution >= 0.6 is 0 Å². The molecule has 1 rings (SSSR count). The number of hydrogen-bond donors (Lipinski definition) is 2. The fourth-order valence-corrected chi connectivity index (χ4v) is 1.25. The monoisotopic (exact) mass is 183 g/mol. The molecule has 0 amide bonds. The number of nitrogens with one attached hydrogen (secondary N) is 1. The molecule has 0 aliphatic carbocycles. The summed E-state index contributed by atoms with van der Waals surface area (Å²) in [5, 5.41) is 4.09. The van der Waals surface area contributed by atoms with Crippen molar-refractivity contribution >= 4 is 0 Å². The van der Waals surface area contributed by atoms with Crippen LogP contribution in [-0.4, -0.2) is 20.8 Å². The van der Waals surface area contributed by atoms with E-state index in [1.165, 1.54) is 0 Å². The van der Waals surface area contributed by atoms with Crippen LogP contribution in [0.4, 0.5) is 0 Å². The highest BCUT2D eigenvalue weighted by atomic mass is 15.3. The van der Waals surface area contributed by atoms with Crippen LogP contribution in [0.2, 0.25) is 0 Å². The molecule has 1 unspecified atom stereocenters. The Morgan fingerprint density at radius 3 is 2.92 bits per heavy atom. The van der Waals surface area contributed by atoms with Gasteiger partial charge in [0.25, 0.3) is 0 Å². The van der Waals surface area contributed by atoms with Gasteiger partial charge < -0.3 is 0 Å². The summed E-state index contributed by atoms with van der Waals surface area (Å²) in [6.45, 7) is 5.00. The average Bonchev–Trinajstić information content (AvgIpc) is 2.61. The van der Waals surface area contributed by atoms with Gasteiger partial charge >= 0.3 is 0 Å².